The number of hydrogen-bond acceptors (Lipinski definition) is 1. The Hall–Kier alpha value is -1.63. The quantitative estimate of drug-likeness (QED) is 0.546. The summed E-state index contributed by atoms with van der Waals surface area (Å²) in [5.74, 6) is 0.168. The van der Waals surface area contributed by atoms with Crippen LogP contribution in [0.3, 0.4) is 0 Å². The van der Waals surface area contributed by atoms with Gasteiger partial charge in [-0.15, -0.1) is 0 Å². The van der Waals surface area contributed by atoms with E-state index < -0.39 is 0 Å². The molecule has 0 heterocycles. The highest BCUT2D eigenvalue weighted by Gasteiger charge is 2.06. The summed E-state index contributed by atoms with van der Waals surface area (Å²) in [6, 6.07) is 0. The smallest absolute Gasteiger partial charge is 0.160 e. The number of fused-ring (bicyclic) bond motifs is 1. The van der Waals surface area contributed by atoms with Gasteiger partial charge >= 0.3 is 0 Å². The summed E-state index contributed by atoms with van der Waals surface area (Å²) in [4.78, 5) is 11.2. The summed E-state index contributed by atoms with van der Waals surface area (Å²) < 4.78 is 0. The molecule has 2 aliphatic rings. The predicted octanol–water partition coefficient (Wildman–Crippen LogP) is 2.49. The van der Waals surface area contributed by atoms with Gasteiger partial charge in [-0.3, -0.25) is 4.79 Å². The molecule has 0 bridgehead atoms. The lowest BCUT2D eigenvalue weighted by molar-refractivity contribution is -0.113. The third-order valence-electron chi connectivity index (χ3n) is 2.04. The van der Waals surface area contributed by atoms with Gasteiger partial charge < -0.3 is 0 Å². The molecule has 0 saturated heterocycles. The predicted molar refractivity (Wildman–Crippen MR) is 53.2 cm³/mol. The molecular weight excluding hydrogens is 160 g/mol. The highest BCUT2D eigenvalue weighted by molar-refractivity contribution is 5.93. The van der Waals surface area contributed by atoms with Gasteiger partial charge in [0.25, 0.3) is 0 Å². The summed E-state index contributed by atoms with van der Waals surface area (Å²) in [6.45, 7) is 0. The van der Waals surface area contributed by atoms with Crippen molar-refractivity contribution in [3.05, 3.63) is 59.8 Å². The SMILES string of the molecule is O=C1C=C2C=CC=CC=C2C=CC1. The van der Waals surface area contributed by atoms with E-state index in [-0.39, 0.29) is 5.78 Å². The van der Waals surface area contributed by atoms with Crippen LogP contribution in [0, 0.1) is 0 Å². The summed E-state index contributed by atoms with van der Waals surface area (Å²) in [6.07, 6.45) is 16.0. The maximum Gasteiger partial charge on any atom is 0.160 e. The second-order valence-electron chi connectivity index (χ2n) is 3.04. The molecule has 2 rings (SSSR count). The van der Waals surface area contributed by atoms with Gasteiger partial charge in [0, 0.05) is 6.42 Å². The molecule has 2 aliphatic carbocycles. The molecule has 1 nitrogen and oxygen atoms in total. The molecule has 0 amide bonds. The third-order valence-corrected chi connectivity index (χ3v) is 2.04. The molecule has 0 aromatic rings. The monoisotopic (exact) mass is 170 g/mol. The van der Waals surface area contributed by atoms with Gasteiger partial charge in [0.15, 0.2) is 5.78 Å². The van der Waals surface area contributed by atoms with Gasteiger partial charge in [0.1, 0.15) is 0 Å². The number of ketones is 1. The van der Waals surface area contributed by atoms with Crippen molar-refractivity contribution in [2.75, 3.05) is 0 Å². The average Bonchev–Trinajstić information content (AvgIpc) is 2.38. The van der Waals surface area contributed by atoms with Crippen LogP contribution in [0.5, 0.6) is 0 Å². The summed E-state index contributed by atoms with van der Waals surface area (Å²) in [5, 5.41) is 0. The molecule has 1 heteroatoms. The van der Waals surface area contributed by atoms with Crippen LogP contribution in [-0.2, 0) is 4.79 Å². The normalized spacial score (nSPS) is 20.2. The molecule has 0 atom stereocenters. The number of rotatable bonds is 0. The van der Waals surface area contributed by atoms with E-state index in [1.54, 1.807) is 6.08 Å². The minimum Gasteiger partial charge on any atom is -0.294 e. The van der Waals surface area contributed by atoms with Crippen LogP contribution in [0.2, 0.25) is 0 Å². The summed E-state index contributed by atoms with van der Waals surface area (Å²) in [7, 11) is 0. The van der Waals surface area contributed by atoms with Crippen molar-refractivity contribution in [1.29, 1.82) is 0 Å². The number of carbonyl (C=O) groups excluding carboxylic acids is 1. The third kappa shape index (κ3) is 1.75. The molecular formula is C12H10O. The van der Waals surface area contributed by atoms with Gasteiger partial charge in [-0.25, -0.2) is 0 Å². The highest BCUT2D eigenvalue weighted by atomic mass is 16.1. The van der Waals surface area contributed by atoms with Crippen LogP contribution < -0.4 is 0 Å². The van der Waals surface area contributed by atoms with Gasteiger partial charge in [0.2, 0.25) is 0 Å². The van der Waals surface area contributed by atoms with Gasteiger partial charge in [-0.05, 0) is 17.2 Å². The average molecular weight is 170 g/mol. The van der Waals surface area contributed by atoms with E-state index in [0.29, 0.717) is 6.42 Å². The van der Waals surface area contributed by atoms with Crippen LogP contribution >= 0.6 is 0 Å². The first kappa shape index (κ1) is 7.99. The van der Waals surface area contributed by atoms with E-state index in [1.165, 1.54) is 0 Å². The van der Waals surface area contributed by atoms with E-state index in [2.05, 4.69) is 0 Å². The molecule has 13 heavy (non-hydrogen) atoms. The van der Waals surface area contributed by atoms with E-state index in [9.17, 15) is 4.79 Å². The molecule has 0 radical (unpaired) electrons. The largest absolute Gasteiger partial charge is 0.294 e. The van der Waals surface area contributed by atoms with E-state index >= 15 is 0 Å². The van der Waals surface area contributed by atoms with Crippen molar-refractivity contribution < 1.29 is 4.79 Å². The Morgan fingerprint density at radius 1 is 1.00 bits per heavy atom. The van der Waals surface area contributed by atoms with Crippen LogP contribution in [0.4, 0.5) is 0 Å². The first-order valence-corrected chi connectivity index (χ1v) is 4.33. The van der Waals surface area contributed by atoms with Gasteiger partial charge in [-0.2, -0.15) is 0 Å². The minimum absolute atomic E-state index is 0.168. The van der Waals surface area contributed by atoms with Crippen molar-refractivity contribution in [3.8, 4) is 0 Å². The highest BCUT2D eigenvalue weighted by Crippen LogP contribution is 2.19. The van der Waals surface area contributed by atoms with Gasteiger partial charge in [0.05, 0.1) is 0 Å². The Labute approximate surface area is 77.5 Å². The molecule has 0 aromatic carbocycles. The molecule has 0 saturated carbocycles. The first-order valence-electron chi connectivity index (χ1n) is 4.33. The lowest BCUT2D eigenvalue weighted by Crippen LogP contribution is -1.89. The minimum atomic E-state index is 0.168. The number of allylic oxidation sites excluding steroid dienone is 10. The van der Waals surface area contributed by atoms with Crippen molar-refractivity contribution >= 4 is 5.78 Å². The van der Waals surface area contributed by atoms with Crippen LogP contribution in [0.25, 0.3) is 0 Å². The Morgan fingerprint density at radius 2 is 1.92 bits per heavy atom. The molecule has 0 aromatic heterocycles. The zero-order valence-corrected chi connectivity index (χ0v) is 7.23. The molecule has 0 spiro atoms. The first-order chi connectivity index (χ1) is 6.36. The zero-order valence-electron chi connectivity index (χ0n) is 7.23. The second-order valence-corrected chi connectivity index (χ2v) is 3.04. The maximum atomic E-state index is 11.2. The molecule has 0 N–H and O–H groups in total. The lowest BCUT2D eigenvalue weighted by atomic mass is 10.1. The fourth-order valence-corrected chi connectivity index (χ4v) is 1.39. The fourth-order valence-electron chi connectivity index (χ4n) is 1.39. The van der Waals surface area contributed by atoms with Crippen molar-refractivity contribution in [1.82, 2.24) is 0 Å². The molecule has 0 aliphatic heterocycles. The molecule has 0 fully saturated rings. The van der Waals surface area contributed by atoms with Crippen LogP contribution in [0.1, 0.15) is 6.42 Å². The number of carbonyl (C=O) groups is 1. The van der Waals surface area contributed by atoms with Crippen LogP contribution in [-0.4, -0.2) is 5.78 Å². The Morgan fingerprint density at radius 3 is 2.85 bits per heavy atom. The zero-order chi connectivity index (χ0) is 9.10. The summed E-state index contributed by atoms with van der Waals surface area (Å²) >= 11 is 0. The van der Waals surface area contributed by atoms with E-state index in [1.807, 2.05) is 42.5 Å². The fraction of sp³-hybridized carbons (Fsp3) is 0.0833. The van der Waals surface area contributed by atoms with Crippen molar-refractivity contribution in [3.63, 3.8) is 0 Å². The van der Waals surface area contributed by atoms with Crippen LogP contribution in [0.15, 0.2) is 59.8 Å². The van der Waals surface area contributed by atoms with E-state index in [4.69, 9.17) is 0 Å². The van der Waals surface area contributed by atoms with Gasteiger partial charge in [-0.1, -0.05) is 42.5 Å². The second kappa shape index (κ2) is 3.40. The standard InChI is InChI=1S/C12H10O/c13-12-8-4-7-10-5-2-1-3-6-11(10)9-12/h1-7,9H,8H2. The lowest BCUT2D eigenvalue weighted by Gasteiger charge is -1.98. The Bertz CT molecular complexity index is 376. The van der Waals surface area contributed by atoms with Crippen molar-refractivity contribution in [2.45, 2.75) is 6.42 Å². The summed E-state index contributed by atoms with van der Waals surface area (Å²) in [5.41, 5.74) is 2.11. The molecule has 0 unspecified atom stereocenters. The Balaban J connectivity index is 2.49. The molecule has 64 valence electrons. The van der Waals surface area contributed by atoms with Crippen molar-refractivity contribution in [2.24, 2.45) is 0 Å². The topological polar surface area (TPSA) is 17.1 Å². The number of hydrogen-bond donors (Lipinski definition) is 0. The maximum absolute atomic E-state index is 11.2. The van der Waals surface area contributed by atoms with E-state index in [0.717, 1.165) is 11.1 Å². The Kier molecular flexibility index (Phi) is 2.09.